The van der Waals surface area contributed by atoms with Crippen molar-refractivity contribution in [2.24, 2.45) is 0 Å². The molecule has 0 fully saturated rings. The van der Waals surface area contributed by atoms with E-state index in [-0.39, 0.29) is 23.0 Å². The maximum Gasteiger partial charge on any atom is 0.352 e. The molecule has 0 aliphatic heterocycles. The van der Waals surface area contributed by atoms with Crippen molar-refractivity contribution >= 4 is 16.0 Å². The second-order valence-corrected chi connectivity index (χ2v) is 5.97. The molecule has 0 amide bonds. The van der Waals surface area contributed by atoms with Gasteiger partial charge in [0.2, 0.25) is 15.9 Å². The van der Waals surface area contributed by atoms with Gasteiger partial charge in [0, 0.05) is 19.7 Å². The van der Waals surface area contributed by atoms with E-state index < -0.39 is 16.0 Å². The molecule has 2 aromatic rings. The Hall–Kier alpha value is -2.20. The first kappa shape index (κ1) is 15.2. The van der Waals surface area contributed by atoms with Gasteiger partial charge in [-0.3, -0.25) is 0 Å². The van der Waals surface area contributed by atoms with E-state index in [1.54, 1.807) is 13.8 Å². The first-order valence-electron chi connectivity index (χ1n) is 6.06. The van der Waals surface area contributed by atoms with Gasteiger partial charge >= 0.3 is 5.97 Å². The second-order valence-electron chi connectivity index (χ2n) is 4.21. The third kappa shape index (κ3) is 3.28. The minimum atomic E-state index is -3.85. The van der Waals surface area contributed by atoms with Gasteiger partial charge in [-0.05, 0) is 13.0 Å². The number of carboxylic acids is 1. The Morgan fingerprint density at radius 2 is 2.24 bits per heavy atom. The Balaban J connectivity index is 2.21. The van der Waals surface area contributed by atoms with Crippen LogP contribution in [0, 0.1) is 6.92 Å². The Labute approximate surface area is 120 Å². The molecule has 0 unspecified atom stereocenters. The van der Waals surface area contributed by atoms with Crippen molar-refractivity contribution in [2.45, 2.75) is 31.8 Å². The number of sulfonamides is 1. The second kappa shape index (κ2) is 5.66. The molecule has 0 radical (unpaired) electrons. The topological polar surface area (TPSA) is 127 Å². The minimum Gasteiger partial charge on any atom is -0.477 e. The molecule has 21 heavy (non-hydrogen) atoms. The van der Waals surface area contributed by atoms with Gasteiger partial charge in [0.05, 0.1) is 6.54 Å². The molecule has 10 heteroatoms. The van der Waals surface area contributed by atoms with Crippen molar-refractivity contribution in [3.63, 3.8) is 0 Å². The van der Waals surface area contributed by atoms with Crippen LogP contribution in [-0.4, -0.2) is 34.2 Å². The van der Waals surface area contributed by atoms with Crippen LogP contribution in [0.3, 0.4) is 0 Å². The van der Waals surface area contributed by atoms with Crippen LogP contribution in [0.4, 0.5) is 0 Å². The lowest BCUT2D eigenvalue weighted by atomic mass is 10.4. The van der Waals surface area contributed by atoms with Crippen molar-refractivity contribution in [1.82, 2.24) is 19.4 Å². The molecule has 0 aromatic carbocycles. The van der Waals surface area contributed by atoms with E-state index in [0.717, 1.165) is 6.07 Å². The lowest BCUT2D eigenvalue weighted by Crippen LogP contribution is -2.23. The minimum absolute atomic E-state index is 0.0896. The standard InChI is InChI=1S/C11H14N4O5S/c1-3-15-6-8(4-9(15)11(16)17)21(18,19)12-5-10-13-7(2)20-14-10/h4,6,12H,3,5H2,1-2H3,(H,16,17). The van der Waals surface area contributed by atoms with Gasteiger partial charge in [-0.15, -0.1) is 0 Å². The summed E-state index contributed by atoms with van der Waals surface area (Å²) in [5.74, 6) is -0.661. The number of hydrogen-bond donors (Lipinski definition) is 2. The average Bonchev–Trinajstić information content (AvgIpc) is 3.02. The fourth-order valence-corrected chi connectivity index (χ4v) is 2.75. The van der Waals surface area contributed by atoms with Gasteiger partial charge in [0.15, 0.2) is 5.82 Å². The number of carboxylic acid groups (broad SMARTS) is 1. The number of aromatic nitrogens is 3. The number of nitrogens with zero attached hydrogens (tertiary/aromatic N) is 3. The molecule has 2 N–H and O–H groups in total. The summed E-state index contributed by atoms with van der Waals surface area (Å²) in [7, 11) is -3.85. The molecule has 2 rings (SSSR count). The summed E-state index contributed by atoms with van der Waals surface area (Å²) in [6.07, 6.45) is 1.27. The molecule has 2 aromatic heterocycles. The molecule has 2 heterocycles. The van der Waals surface area contributed by atoms with E-state index in [4.69, 9.17) is 9.63 Å². The fraction of sp³-hybridized carbons (Fsp3) is 0.364. The molecular weight excluding hydrogens is 300 g/mol. The summed E-state index contributed by atoms with van der Waals surface area (Å²) in [5, 5.41) is 12.6. The molecule has 0 aliphatic carbocycles. The predicted octanol–water partition coefficient (Wildman–Crippen LogP) is 0.376. The van der Waals surface area contributed by atoms with Crippen LogP contribution in [0.1, 0.15) is 29.1 Å². The van der Waals surface area contributed by atoms with Gasteiger partial charge in [0.25, 0.3) is 0 Å². The number of rotatable bonds is 6. The van der Waals surface area contributed by atoms with Crippen LogP contribution in [-0.2, 0) is 23.1 Å². The normalized spacial score (nSPS) is 11.7. The molecular formula is C11H14N4O5S. The van der Waals surface area contributed by atoms with Gasteiger partial charge in [-0.2, -0.15) is 4.98 Å². The van der Waals surface area contributed by atoms with Crippen molar-refractivity contribution in [1.29, 1.82) is 0 Å². The maximum absolute atomic E-state index is 12.1. The largest absolute Gasteiger partial charge is 0.477 e. The van der Waals surface area contributed by atoms with E-state index in [0.29, 0.717) is 12.4 Å². The summed E-state index contributed by atoms with van der Waals surface area (Å²) in [5.41, 5.74) is -0.0896. The van der Waals surface area contributed by atoms with Gasteiger partial charge < -0.3 is 14.2 Å². The number of carbonyl (C=O) groups is 1. The first-order chi connectivity index (χ1) is 9.83. The summed E-state index contributed by atoms with van der Waals surface area (Å²) in [6, 6.07) is 1.11. The predicted molar refractivity (Wildman–Crippen MR) is 70.1 cm³/mol. The van der Waals surface area contributed by atoms with Crippen LogP contribution in [0.15, 0.2) is 21.7 Å². The van der Waals surface area contributed by atoms with E-state index in [1.807, 2.05) is 0 Å². The number of aromatic carboxylic acids is 1. The molecule has 114 valence electrons. The van der Waals surface area contributed by atoms with Gasteiger partial charge in [0.1, 0.15) is 10.6 Å². The summed E-state index contributed by atoms with van der Waals surface area (Å²) in [6.45, 7) is 3.52. The Bertz CT molecular complexity index is 761. The Morgan fingerprint density at radius 1 is 1.52 bits per heavy atom. The van der Waals surface area contributed by atoms with Crippen molar-refractivity contribution in [3.05, 3.63) is 29.7 Å². The molecule has 0 bridgehead atoms. The first-order valence-corrected chi connectivity index (χ1v) is 7.54. The quantitative estimate of drug-likeness (QED) is 0.788. The highest BCUT2D eigenvalue weighted by Crippen LogP contribution is 2.15. The molecule has 0 spiro atoms. The molecule has 0 aliphatic rings. The number of aryl methyl sites for hydroxylation is 2. The smallest absolute Gasteiger partial charge is 0.352 e. The van der Waals surface area contributed by atoms with E-state index in [9.17, 15) is 13.2 Å². The molecule has 0 saturated heterocycles. The van der Waals surface area contributed by atoms with E-state index >= 15 is 0 Å². The van der Waals surface area contributed by atoms with Crippen molar-refractivity contribution in [2.75, 3.05) is 0 Å². The van der Waals surface area contributed by atoms with Crippen LogP contribution >= 0.6 is 0 Å². The van der Waals surface area contributed by atoms with Crippen LogP contribution in [0.2, 0.25) is 0 Å². The van der Waals surface area contributed by atoms with Gasteiger partial charge in [-0.1, -0.05) is 5.16 Å². The highest BCUT2D eigenvalue weighted by atomic mass is 32.2. The van der Waals surface area contributed by atoms with Crippen molar-refractivity contribution in [3.8, 4) is 0 Å². The highest BCUT2D eigenvalue weighted by Gasteiger charge is 2.21. The van der Waals surface area contributed by atoms with Crippen molar-refractivity contribution < 1.29 is 22.8 Å². The van der Waals surface area contributed by atoms with Crippen LogP contribution in [0.5, 0.6) is 0 Å². The fourth-order valence-electron chi connectivity index (χ4n) is 1.73. The van der Waals surface area contributed by atoms with E-state index in [2.05, 4.69) is 14.9 Å². The zero-order valence-corrected chi connectivity index (χ0v) is 12.2. The maximum atomic E-state index is 12.1. The number of nitrogens with one attached hydrogen (secondary N) is 1. The summed E-state index contributed by atoms with van der Waals surface area (Å²) in [4.78, 5) is 14.8. The monoisotopic (exact) mass is 314 g/mol. The number of hydrogen-bond acceptors (Lipinski definition) is 6. The molecule has 0 saturated carbocycles. The third-order valence-corrected chi connectivity index (χ3v) is 4.10. The van der Waals surface area contributed by atoms with E-state index in [1.165, 1.54) is 10.8 Å². The van der Waals surface area contributed by atoms with Gasteiger partial charge in [-0.25, -0.2) is 17.9 Å². The molecule has 0 atom stereocenters. The highest BCUT2D eigenvalue weighted by molar-refractivity contribution is 7.89. The molecule has 9 nitrogen and oxygen atoms in total. The lowest BCUT2D eigenvalue weighted by molar-refractivity contribution is 0.0685. The SMILES string of the molecule is CCn1cc(S(=O)(=O)NCc2noc(C)n2)cc1C(=O)O. The third-order valence-electron chi connectivity index (χ3n) is 2.73. The van der Waals surface area contributed by atoms with Crippen LogP contribution in [0.25, 0.3) is 0 Å². The zero-order valence-electron chi connectivity index (χ0n) is 11.4. The Morgan fingerprint density at radius 3 is 2.71 bits per heavy atom. The average molecular weight is 314 g/mol. The lowest BCUT2D eigenvalue weighted by Gasteiger charge is -2.01. The Kier molecular flexibility index (Phi) is 4.09. The zero-order chi connectivity index (χ0) is 15.6. The summed E-state index contributed by atoms with van der Waals surface area (Å²) >= 11 is 0. The summed E-state index contributed by atoms with van der Waals surface area (Å²) < 4.78 is 32.6. The van der Waals surface area contributed by atoms with Crippen LogP contribution < -0.4 is 4.72 Å².